The zero-order valence-corrected chi connectivity index (χ0v) is 7.73. The fourth-order valence-electron chi connectivity index (χ4n) is 0.883. The van der Waals surface area contributed by atoms with Gasteiger partial charge in [-0.25, -0.2) is 18.2 Å². The molecule has 0 fully saturated rings. The first-order valence-corrected chi connectivity index (χ1v) is 3.93. The van der Waals surface area contributed by atoms with Crippen molar-refractivity contribution in [3.8, 4) is 6.07 Å². The van der Waals surface area contributed by atoms with Gasteiger partial charge in [0.1, 0.15) is 11.8 Å². The van der Waals surface area contributed by atoms with E-state index in [0.29, 0.717) is 6.07 Å². The maximum absolute atomic E-state index is 13.0. The van der Waals surface area contributed by atoms with Gasteiger partial charge in [0.2, 0.25) is 0 Å². The molecular formula is C8H2ClF3N2O. The number of pyridine rings is 1. The molecule has 0 N–H and O–H groups in total. The third-order valence-electron chi connectivity index (χ3n) is 1.53. The number of alkyl halides is 2. The van der Waals surface area contributed by atoms with Crippen LogP contribution in [0.15, 0.2) is 6.07 Å². The van der Waals surface area contributed by atoms with Gasteiger partial charge in [0.15, 0.2) is 11.5 Å². The fourth-order valence-corrected chi connectivity index (χ4v) is 0.980. The summed E-state index contributed by atoms with van der Waals surface area (Å²) >= 11 is 4.98. The van der Waals surface area contributed by atoms with E-state index >= 15 is 0 Å². The third-order valence-corrected chi connectivity index (χ3v) is 1.72. The second-order valence-electron chi connectivity index (χ2n) is 2.45. The lowest BCUT2D eigenvalue weighted by atomic mass is 10.2. The Kier molecular flexibility index (Phi) is 3.27. The van der Waals surface area contributed by atoms with Crippen molar-refractivity contribution in [2.75, 3.05) is 0 Å². The monoisotopic (exact) mass is 234 g/mol. The fraction of sp³-hybridized carbons (Fsp3) is 0.125. The molecule has 0 amide bonds. The molecule has 78 valence electrons. The summed E-state index contributed by atoms with van der Waals surface area (Å²) < 4.78 is 37.6. The number of rotatable bonds is 2. The second kappa shape index (κ2) is 4.28. The van der Waals surface area contributed by atoms with E-state index in [-0.39, 0.29) is 0 Å². The van der Waals surface area contributed by atoms with Crippen molar-refractivity contribution in [1.29, 1.82) is 5.26 Å². The lowest BCUT2D eigenvalue weighted by Gasteiger charge is -2.03. The highest BCUT2D eigenvalue weighted by atomic mass is 35.5. The molecule has 1 rings (SSSR count). The molecule has 15 heavy (non-hydrogen) atoms. The van der Waals surface area contributed by atoms with E-state index in [4.69, 9.17) is 16.9 Å². The number of carbonyl (C=O) groups excluding carboxylic acids is 1. The molecule has 0 bridgehead atoms. The van der Waals surface area contributed by atoms with E-state index in [0.717, 1.165) is 0 Å². The molecule has 0 aliphatic heterocycles. The first-order valence-electron chi connectivity index (χ1n) is 3.56. The Hall–Kier alpha value is -1.61. The van der Waals surface area contributed by atoms with Crippen LogP contribution in [-0.4, -0.2) is 10.2 Å². The van der Waals surface area contributed by atoms with E-state index in [2.05, 4.69) is 4.98 Å². The van der Waals surface area contributed by atoms with Gasteiger partial charge in [0, 0.05) is 0 Å². The van der Waals surface area contributed by atoms with Gasteiger partial charge in [-0.1, -0.05) is 0 Å². The molecule has 0 atom stereocenters. The predicted molar refractivity (Wildman–Crippen MR) is 44.1 cm³/mol. The Morgan fingerprint density at radius 2 is 2.20 bits per heavy atom. The molecule has 7 heteroatoms. The normalized spacial score (nSPS) is 10.1. The quantitative estimate of drug-likeness (QED) is 0.739. The van der Waals surface area contributed by atoms with Crippen LogP contribution in [0.25, 0.3) is 0 Å². The van der Waals surface area contributed by atoms with Crippen LogP contribution >= 0.6 is 11.6 Å². The summed E-state index contributed by atoms with van der Waals surface area (Å²) in [6.45, 7) is 0. The van der Waals surface area contributed by atoms with Gasteiger partial charge in [-0.15, -0.1) is 0 Å². The molecule has 1 aromatic heterocycles. The summed E-state index contributed by atoms with van der Waals surface area (Å²) in [7, 11) is 0. The molecule has 0 radical (unpaired) electrons. The Labute approximate surface area is 87.1 Å². The smallest absolute Gasteiger partial charge is 0.270 e. The summed E-state index contributed by atoms with van der Waals surface area (Å²) in [5.41, 5.74) is -2.52. The Morgan fingerprint density at radius 3 is 2.60 bits per heavy atom. The molecule has 0 aromatic carbocycles. The average molecular weight is 235 g/mol. The van der Waals surface area contributed by atoms with Gasteiger partial charge in [-0.2, -0.15) is 5.26 Å². The molecule has 0 spiro atoms. The van der Waals surface area contributed by atoms with Crippen molar-refractivity contribution >= 4 is 16.8 Å². The maximum Gasteiger partial charge on any atom is 0.270 e. The van der Waals surface area contributed by atoms with Crippen molar-refractivity contribution in [2.24, 2.45) is 0 Å². The zero-order chi connectivity index (χ0) is 11.6. The van der Waals surface area contributed by atoms with Crippen molar-refractivity contribution in [2.45, 2.75) is 6.43 Å². The van der Waals surface area contributed by atoms with Crippen LogP contribution in [0.3, 0.4) is 0 Å². The predicted octanol–water partition coefficient (Wildman–Crippen LogP) is 2.41. The van der Waals surface area contributed by atoms with Crippen molar-refractivity contribution in [3.05, 3.63) is 28.8 Å². The van der Waals surface area contributed by atoms with Crippen LogP contribution < -0.4 is 0 Å². The maximum atomic E-state index is 13.0. The molecule has 3 nitrogen and oxygen atoms in total. The summed E-state index contributed by atoms with van der Waals surface area (Å²) in [6.07, 6.45) is -3.14. The van der Waals surface area contributed by atoms with Crippen LogP contribution in [-0.2, 0) is 0 Å². The number of hydrogen-bond donors (Lipinski definition) is 0. The molecule has 0 unspecified atom stereocenters. The first kappa shape index (κ1) is 11.5. The summed E-state index contributed by atoms with van der Waals surface area (Å²) in [5.74, 6) is -1.44. The number of hydrogen-bond acceptors (Lipinski definition) is 3. The van der Waals surface area contributed by atoms with Gasteiger partial charge < -0.3 is 0 Å². The number of nitriles is 1. The Balaban J connectivity index is 3.47. The van der Waals surface area contributed by atoms with E-state index in [1.807, 2.05) is 0 Å². The van der Waals surface area contributed by atoms with Gasteiger partial charge in [-0.05, 0) is 17.7 Å². The second-order valence-corrected chi connectivity index (χ2v) is 2.79. The summed E-state index contributed by atoms with van der Waals surface area (Å²) in [4.78, 5) is 13.8. The van der Waals surface area contributed by atoms with Crippen molar-refractivity contribution in [1.82, 2.24) is 4.98 Å². The SMILES string of the molecule is N#Cc1nc(C(=O)Cl)cc(C(F)F)c1F. The zero-order valence-electron chi connectivity index (χ0n) is 6.97. The van der Waals surface area contributed by atoms with Gasteiger partial charge in [0.25, 0.3) is 11.7 Å². The number of aromatic nitrogens is 1. The molecule has 1 aromatic rings. The van der Waals surface area contributed by atoms with Crippen LogP contribution in [0.4, 0.5) is 13.2 Å². The highest BCUT2D eigenvalue weighted by Crippen LogP contribution is 2.24. The third kappa shape index (κ3) is 2.25. The Morgan fingerprint density at radius 1 is 1.60 bits per heavy atom. The minimum Gasteiger partial charge on any atom is -0.274 e. The van der Waals surface area contributed by atoms with Crippen LogP contribution in [0.1, 0.15) is 28.2 Å². The number of nitrogens with zero attached hydrogens (tertiary/aromatic N) is 2. The summed E-state index contributed by atoms with van der Waals surface area (Å²) in [5, 5.41) is 7.25. The lowest BCUT2D eigenvalue weighted by molar-refractivity contribution is 0.107. The number of carbonyl (C=O) groups is 1. The number of halogens is 4. The van der Waals surface area contributed by atoms with E-state index < -0.39 is 34.4 Å². The first-order chi connectivity index (χ1) is 6.97. The van der Waals surface area contributed by atoms with Gasteiger partial charge in [-0.3, -0.25) is 4.79 Å². The highest BCUT2D eigenvalue weighted by molar-refractivity contribution is 6.67. The highest BCUT2D eigenvalue weighted by Gasteiger charge is 2.21. The largest absolute Gasteiger partial charge is 0.274 e. The van der Waals surface area contributed by atoms with E-state index in [9.17, 15) is 18.0 Å². The Bertz CT molecular complexity index is 456. The van der Waals surface area contributed by atoms with E-state index in [1.54, 1.807) is 0 Å². The molecule has 1 heterocycles. The molecule has 0 aliphatic rings. The average Bonchev–Trinajstić information content (AvgIpc) is 2.17. The van der Waals surface area contributed by atoms with Crippen molar-refractivity contribution < 1.29 is 18.0 Å². The molecule has 0 saturated carbocycles. The molecule has 0 aliphatic carbocycles. The van der Waals surface area contributed by atoms with Crippen molar-refractivity contribution in [3.63, 3.8) is 0 Å². The van der Waals surface area contributed by atoms with E-state index in [1.165, 1.54) is 6.07 Å². The topological polar surface area (TPSA) is 53.8 Å². The standard InChI is InChI=1S/C8H2ClF3N2O/c9-7(15)4-1-3(8(11)12)6(10)5(2-13)14-4/h1,8H. The minimum atomic E-state index is -3.14. The van der Waals surface area contributed by atoms with Gasteiger partial charge >= 0.3 is 0 Å². The summed E-state index contributed by atoms with van der Waals surface area (Å²) in [6, 6.07) is 1.78. The molecular weight excluding hydrogens is 233 g/mol. The van der Waals surface area contributed by atoms with Crippen LogP contribution in [0.5, 0.6) is 0 Å². The lowest BCUT2D eigenvalue weighted by Crippen LogP contribution is -2.04. The minimum absolute atomic E-state index is 0.524. The van der Waals surface area contributed by atoms with Crippen LogP contribution in [0, 0.1) is 17.1 Å². The molecule has 0 saturated heterocycles. The van der Waals surface area contributed by atoms with Crippen LogP contribution in [0.2, 0.25) is 0 Å². The van der Waals surface area contributed by atoms with Gasteiger partial charge in [0.05, 0.1) is 5.56 Å².